The Hall–Kier alpha value is -0.480. The van der Waals surface area contributed by atoms with Crippen LogP contribution >= 0.6 is 23.2 Å². The maximum absolute atomic E-state index is 10.6. The van der Waals surface area contributed by atoms with Gasteiger partial charge in [0.1, 0.15) is 12.2 Å². The molecule has 1 aliphatic carbocycles. The molecule has 16 heavy (non-hydrogen) atoms. The molecular formula is C10H14Cl2O4. The van der Waals surface area contributed by atoms with Crippen molar-refractivity contribution in [3.05, 3.63) is 0 Å². The Morgan fingerprint density at radius 1 is 0.812 bits per heavy atom. The summed E-state index contributed by atoms with van der Waals surface area (Å²) in [7, 11) is 0. The Morgan fingerprint density at radius 2 is 1.19 bits per heavy atom. The molecule has 6 heteroatoms. The van der Waals surface area contributed by atoms with Gasteiger partial charge >= 0.3 is 10.9 Å². The van der Waals surface area contributed by atoms with Gasteiger partial charge in [-0.1, -0.05) is 0 Å². The standard InChI is InChI=1S/C10H14Cl2O4/c11-9(13)15-7-3-1-2-4-8(6-5-7)16-10(12)14/h7-8H,1-6H2. The molecule has 4 nitrogen and oxygen atoms in total. The largest absolute Gasteiger partial charge is 0.450 e. The van der Waals surface area contributed by atoms with Crippen LogP contribution in [0.1, 0.15) is 38.5 Å². The molecule has 0 bridgehead atoms. The lowest BCUT2D eigenvalue weighted by atomic mass is 9.96. The third kappa shape index (κ3) is 5.56. The summed E-state index contributed by atoms with van der Waals surface area (Å²) in [6.45, 7) is 0. The van der Waals surface area contributed by atoms with Gasteiger partial charge in [0, 0.05) is 23.2 Å². The number of carbonyl (C=O) groups is 2. The molecule has 92 valence electrons. The van der Waals surface area contributed by atoms with Crippen LogP contribution < -0.4 is 0 Å². The first-order valence-corrected chi connectivity index (χ1v) is 6.05. The second kappa shape index (κ2) is 6.97. The minimum atomic E-state index is -0.781. The summed E-state index contributed by atoms with van der Waals surface area (Å²) in [5, 5.41) is 0. The van der Waals surface area contributed by atoms with Crippen molar-refractivity contribution in [1.82, 2.24) is 0 Å². The van der Waals surface area contributed by atoms with Crippen LogP contribution in [0.25, 0.3) is 0 Å². The first-order valence-electron chi connectivity index (χ1n) is 5.30. The first kappa shape index (κ1) is 13.6. The van der Waals surface area contributed by atoms with Gasteiger partial charge in [0.15, 0.2) is 0 Å². The topological polar surface area (TPSA) is 52.6 Å². The summed E-state index contributed by atoms with van der Waals surface area (Å²) in [5.74, 6) is 0. The van der Waals surface area contributed by atoms with Crippen LogP contribution in [0.4, 0.5) is 9.59 Å². The second-order valence-corrected chi connectivity index (χ2v) is 4.43. The maximum Gasteiger partial charge on any atom is 0.404 e. The van der Waals surface area contributed by atoms with E-state index in [0.717, 1.165) is 25.7 Å². The Morgan fingerprint density at radius 3 is 1.50 bits per heavy atom. The summed E-state index contributed by atoms with van der Waals surface area (Å²) in [5.41, 5.74) is -1.56. The van der Waals surface area contributed by atoms with E-state index in [1.807, 2.05) is 0 Å². The molecule has 1 aliphatic rings. The molecule has 2 unspecified atom stereocenters. The SMILES string of the molecule is O=C(Cl)OC1CCCCC(OC(=O)Cl)CC1. The van der Waals surface area contributed by atoms with Crippen molar-refractivity contribution in [1.29, 1.82) is 0 Å². The molecule has 0 N–H and O–H groups in total. The van der Waals surface area contributed by atoms with E-state index in [9.17, 15) is 9.59 Å². The lowest BCUT2D eigenvalue weighted by Gasteiger charge is -2.23. The molecule has 1 fully saturated rings. The Bertz CT molecular complexity index is 231. The molecule has 2 atom stereocenters. The molecule has 0 aromatic rings. The Labute approximate surface area is 104 Å². The van der Waals surface area contributed by atoms with Crippen molar-refractivity contribution in [2.24, 2.45) is 0 Å². The van der Waals surface area contributed by atoms with Crippen LogP contribution in [0.5, 0.6) is 0 Å². The van der Waals surface area contributed by atoms with E-state index in [0.29, 0.717) is 12.8 Å². The summed E-state index contributed by atoms with van der Waals surface area (Å²) < 4.78 is 9.87. The number of ether oxygens (including phenoxy) is 2. The molecule has 0 amide bonds. The smallest absolute Gasteiger partial charge is 0.404 e. The second-order valence-electron chi connectivity index (χ2n) is 3.82. The zero-order valence-corrected chi connectivity index (χ0v) is 10.3. The molecule has 0 aromatic heterocycles. The fraction of sp³-hybridized carbons (Fsp3) is 0.800. The summed E-state index contributed by atoms with van der Waals surface area (Å²) in [6.07, 6.45) is 4.39. The molecule has 0 saturated heterocycles. The van der Waals surface area contributed by atoms with E-state index in [4.69, 9.17) is 32.7 Å². The van der Waals surface area contributed by atoms with Crippen molar-refractivity contribution >= 4 is 34.1 Å². The van der Waals surface area contributed by atoms with Crippen molar-refractivity contribution in [2.75, 3.05) is 0 Å². The van der Waals surface area contributed by atoms with E-state index in [-0.39, 0.29) is 12.2 Å². The van der Waals surface area contributed by atoms with Crippen molar-refractivity contribution < 1.29 is 19.1 Å². The number of carbonyl (C=O) groups excluding carboxylic acids is 2. The van der Waals surface area contributed by atoms with E-state index in [2.05, 4.69) is 0 Å². The zero-order chi connectivity index (χ0) is 12.0. The van der Waals surface area contributed by atoms with Gasteiger partial charge < -0.3 is 9.47 Å². The molecule has 0 heterocycles. The summed E-state index contributed by atoms with van der Waals surface area (Å²) in [4.78, 5) is 21.2. The van der Waals surface area contributed by atoms with Crippen LogP contribution in [-0.4, -0.2) is 23.1 Å². The minimum Gasteiger partial charge on any atom is -0.450 e. The van der Waals surface area contributed by atoms with Gasteiger partial charge in [0.05, 0.1) is 0 Å². The van der Waals surface area contributed by atoms with E-state index < -0.39 is 10.9 Å². The summed E-state index contributed by atoms with van der Waals surface area (Å²) in [6, 6.07) is 0. The van der Waals surface area contributed by atoms with Gasteiger partial charge in [-0.15, -0.1) is 0 Å². The van der Waals surface area contributed by atoms with Gasteiger partial charge in [-0.3, -0.25) is 0 Å². The van der Waals surface area contributed by atoms with Crippen LogP contribution in [-0.2, 0) is 9.47 Å². The number of hydrogen-bond acceptors (Lipinski definition) is 4. The number of rotatable bonds is 2. The highest BCUT2D eigenvalue weighted by Gasteiger charge is 2.21. The van der Waals surface area contributed by atoms with Gasteiger partial charge in [-0.2, -0.15) is 0 Å². The maximum atomic E-state index is 10.6. The van der Waals surface area contributed by atoms with Crippen molar-refractivity contribution in [3.8, 4) is 0 Å². The van der Waals surface area contributed by atoms with Crippen LogP contribution in [0.2, 0.25) is 0 Å². The van der Waals surface area contributed by atoms with E-state index in [1.165, 1.54) is 0 Å². The van der Waals surface area contributed by atoms with Gasteiger partial charge in [-0.05, 0) is 38.5 Å². The Balaban J connectivity index is 2.39. The highest BCUT2D eigenvalue weighted by Crippen LogP contribution is 2.23. The summed E-state index contributed by atoms with van der Waals surface area (Å²) >= 11 is 10.3. The molecular weight excluding hydrogens is 255 g/mol. The fourth-order valence-corrected chi connectivity index (χ4v) is 2.15. The van der Waals surface area contributed by atoms with Crippen LogP contribution in [0, 0.1) is 0 Å². The highest BCUT2D eigenvalue weighted by molar-refractivity contribution is 6.61. The molecule has 0 spiro atoms. The monoisotopic (exact) mass is 268 g/mol. The molecule has 0 aliphatic heterocycles. The number of hydrogen-bond donors (Lipinski definition) is 0. The third-order valence-corrected chi connectivity index (χ3v) is 2.81. The van der Waals surface area contributed by atoms with Gasteiger partial charge in [-0.25, -0.2) is 9.59 Å². The van der Waals surface area contributed by atoms with Crippen molar-refractivity contribution in [2.45, 2.75) is 50.7 Å². The van der Waals surface area contributed by atoms with Gasteiger partial charge in [0.2, 0.25) is 0 Å². The zero-order valence-electron chi connectivity index (χ0n) is 8.79. The average Bonchev–Trinajstić information content (AvgIpc) is 2.14. The molecule has 0 aromatic carbocycles. The van der Waals surface area contributed by atoms with Crippen LogP contribution in [0.3, 0.4) is 0 Å². The Kier molecular flexibility index (Phi) is 5.91. The fourth-order valence-electron chi connectivity index (χ4n) is 1.90. The molecule has 0 radical (unpaired) electrons. The van der Waals surface area contributed by atoms with Crippen LogP contribution in [0.15, 0.2) is 0 Å². The predicted molar refractivity (Wildman–Crippen MR) is 59.9 cm³/mol. The normalized spacial score (nSPS) is 26.4. The van der Waals surface area contributed by atoms with Crippen molar-refractivity contribution in [3.63, 3.8) is 0 Å². The van der Waals surface area contributed by atoms with Gasteiger partial charge in [0.25, 0.3) is 0 Å². The van der Waals surface area contributed by atoms with E-state index >= 15 is 0 Å². The number of halogens is 2. The molecule has 1 rings (SSSR count). The first-order chi connectivity index (χ1) is 7.58. The van der Waals surface area contributed by atoms with E-state index in [1.54, 1.807) is 0 Å². The molecule has 1 saturated carbocycles. The lowest BCUT2D eigenvalue weighted by Crippen LogP contribution is -2.23. The predicted octanol–water partition coefficient (Wildman–Crippen LogP) is 3.83. The average molecular weight is 269 g/mol. The highest BCUT2D eigenvalue weighted by atomic mass is 35.5. The lowest BCUT2D eigenvalue weighted by molar-refractivity contribution is 0.0634. The quantitative estimate of drug-likeness (QED) is 0.715. The minimum absolute atomic E-state index is 0.179. The third-order valence-electron chi connectivity index (χ3n) is 2.63.